The van der Waals surface area contributed by atoms with Crippen molar-refractivity contribution in [3.63, 3.8) is 0 Å². The number of furan rings is 1. The van der Waals surface area contributed by atoms with Gasteiger partial charge in [0.05, 0.1) is 6.26 Å². The Balaban J connectivity index is 1.41. The molecule has 3 rings (SSSR count). The number of para-hydroxylation sites is 2. The zero-order valence-corrected chi connectivity index (χ0v) is 12.2. The highest BCUT2D eigenvalue weighted by atomic mass is 16.6. The Bertz CT molecular complexity index is 553. The third kappa shape index (κ3) is 3.79. The lowest BCUT2D eigenvalue weighted by Gasteiger charge is -2.27. The molecule has 1 aliphatic rings. The maximum atomic E-state index is 5.93. The lowest BCUT2D eigenvalue weighted by atomic mass is 10.1. The smallest absolute Gasteiger partial charge is 0.161 e. The first-order chi connectivity index (χ1) is 10.3. The fourth-order valence-corrected chi connectivity index (χ4v) is 2.41. The molecule has 1 aromatic carbocycles. The van der Waals surface area contributed by atoms with Gasteiger partial charge in [-0.2, -0.15) is 0 Å². The maximum absolute atomic E-state index is 5.93. The molecular formula is C17H21NO3. The molecule has 0 spiro atoms. The minimum absolute atomic E-state index is 0.0611. The Morgan fingerprint density at radius 3 is 2.86 bits per heavy atom. The molecule has 112 valence electrons. The van der Waals surface area contributed by atoms with Crippen LogP contribution in [-0.4, -0.2) is 25.3 Å². The highest BCUT2D eigenvalue weighted by Gasteiger charge is 2.20. The number of benzene rings is 1. The molecule has 0 radical (unpaired) electrons. The van der Waals surface area contributed by atoms with Gasteiger partial charge in [0.1, 0.15) is 18.5 Å². The van der Waals surface area contributed by atoms with Gasteiger partial charge in [0.25, 0.3) is 0 Å². The summed E-state index contributed by atoms with van der Waals surface area (Å²) in [5.41, 5.74) is 0. The summed E-state index contributed by atoms with van der Waals surface area (Å²) in [7, 11) is 0. The Labute approximate surface area is 125 Å². The largest absolute Gasteiger partial charge is 0.486 e. The van der Waals surface area contributed by atoms with Crippen LogP contribution in [0.25, 0.3) is 0 Å². The third-order valence-electron chi connectivity index (χ3n) is 3.67. The number of aryl methyl sites for hydroxylation is 1. The maximum Gasteiger partial charge on any atom is 0.161 e. The molecule has 4 nitrogen and oxygen atoms in total. The van der Waals surface area contributed by atoms with Gasteiger partial charge in [-0.05, 0) is 37.6 Å². The fraction of sp³-hybridized carbons (Fsp3) is 0.412. The Hall–Kier alpha value is -1.94. The Morgan fingerprint density at radius 1 is 1.19 bits per heavy atom. The molecule has 0 saturated carbocycles. The van der Waals surface area contributed by atoms with E-state index in [4.69, 9.17) is 13.9 Å². The van der Waals surface area contributed by atoms with Gasteiger partial charge in [-0.15, -0.1) is 0 Å². The van der Waals surface area contributed by atoms with Crippen molar-refractivity contribution in [2.45, 2.75) is 31.9 Å². The molecule has 2 aromatic rings. The Kier molecular flexibility index (Phi) is 4.46. The number of nitrogens with one attached hydrogen (secondary N) is 1. The summed E-state index contributed by atoms with van der Waals surface area (Å²) in [6.07, 6.45) is 3.77. The number of hydrogen-bond acceptors (Lipinski definition) is 4. The number of hydrogen-bond donors (Lipinski definition) is 1. The summed E-state index contributed by atoms with van der Waals surface area (Å²) < 4.78 is 17.0. The van der Waals surface area contributed by atoms with Crippen molar-refractivity contribution in [3.05, 3.63) is 48.4 Å². The first-order valence-electron chi connectivity index (χ1n) is 7.45. The van der Waals surface area contributed by atoms with E-state index in [1.807, 2.05) is 36.4 Å². The van der Waals surface area contributed by atoms with Gasteiger partial charge in [-0.1, -0.05) is 12.1 Å². The first-order valence-corrected chi connectivity index (χ1v) is 7.45. The molecule has 0 saturated heterocycles. The third-order valence-corrected chi connectivity index (χ3v) is 3.67. The lowest BCUT2D eigenvalue weighted by Crippen LogP contribution is -2.41. The number of rotatable bonds is 6. The molecule has 2 heterocycles. The van der Waals surface area contributed by atoms with Crippen LogP contribution in [0.5, 0.6) is 11.5 Å². The highest BCUT2D eigenvalue weighted by Crippen LogP contribution is 2.30. The standard InChI is InChI=1S/C17H21NO3/c1-13(8-9-14-5-4-10-19-14)18-11-15-12-20-16-6-2-3-7-17(16)21-15/h2-7,10,13,15,18H,8-9,11-12H2,1H3. The van der Waals surface area contributed by atoms with E-state index >= 15 is 0 Å². The molecule has 1 aliphatic heterocycles. The molecule has 1 aromatic heterocycles. The minimum atomic E-state index is 0.0611. The highest BCUT2D eigenvalue weighted by molar-refractivity contribution is 5.40. The van der Waals surface area contributed by atoms with Crippen molar-refractivity contribution in [1.29, 1.82) is 0 Å². The van der Waals surface area contributed by atoms with Crippen molar-refractivity contribution in [1.82, 2.24) is 5.32 Å². The van der Waals surface area contributed by atoms with Crippen LogP contribution >= 0.6 is 0 Å². The minimum Gasteiger partial charge on any atom is -0.486 e. The van der Waals surface area contributed by atoms with E-state index in [0.717, 1.165) is 36.6 Å². The second-order valence-corrected chi connectivity index (χ2v) is 5.42. The van der Waals surface area contributed by atoms with Gasteiger partial charge >= 0.3 is 0 Å². The van der Waals surface area contributed by atoms with Gasteiger partial charge in [-0.3, -0.25) is 0 Å². The van der Waals surface area contributed by atoms with E-state index in [1.54, 1.807) is 6.26 Å². The second kappa shape index (κ2) is 6.68. The van der Waals surface area contributed by atoms with E-state index < -0.39 is 0 Å². The monoisotopic (exact) mass is 287 g/mol. The topological polar surface area (TPSA) is 43.6 Å². The summed E-state index contributed by atoms with van der Waals surface area (Å²) in [6, 6.07) is 12.2. The zero-order chi connectivity index (χ0) is 14.5. The zero-order valence-electron chi connectivity index (χ0n) is 12.2. The molecule has 4 heteroatoms. The average molecular weight is 287 g/mol. The average Bonchev–Trinajstić information content (AvgIpc) is 3.04. The van der Waals surface area contributed by atoms with Gasteiger partial charge < -0.3 is 19.2 Å². The van der Waals surface area contributed by atoms with Crippen molar-refractivity contribution in [2.24, 2.45) is 0 Å². The SMILES string of the molecule is CC(CCc1ccco1)NCC1COc2ccccc2O1. The molecule has 1 N–H and O–H groups in total. The van der Waals surface area contributed by atoms with Crippen LogP contribution in [0.4, 0.5) is 0 Å². The summed E-state index contributed by atoms with van der Waals surface area (Å²) in [4.78, 5) is 0. The number of ether oxygens (including phenoxy) is 2. The van der Waals surface area contributed by atoms with Crippen molar-refractivity contribution >= 4 is 0 Å². The predicted molar refractivity (Wildman–Crippen MR) is 80.8 cm³/mol. The molecule has 2 unspecified atom stereocenters. The molecule has 0 bridgehead atoms. The van der Waals surface area contributed by atoms with Crippen LogP contribution in [0.15, 0.2) is 47.1 Å². The van der Waals surface area contributed by atoms with E-state index in [2.05, 4.69) is 12.2 Å². The normalized spacial score (nSPS) is 18.4. The molecular weight excluding hydrogens is 266 g/mol. The van der Waals surface area contributed by atoms with E-state index in [0.29, 0.717) is 12.6 Å². The van der Waals surface area contributed by atoms with Gasteiger partial charge in [0.15, 0.2) is 11.5 Å². The molecule has 0 amide bonds. The van der Waals surface area contributed by atoms with E-state index in [9.17, 15) is 0 Å². The van der Waals surface area contributed by atoms with Crippen molar-refractivity contribution in [3.8, 4) is 11.5 Å². The van der Waals surface area contributed by atoms with Crippen LogP contribution in [0.2, 0.25) is 0 Å². The molecule has 0 fully saturated rings. The Morgan fingerprint density at radius 2 is 2.05 bits per heavy atom. The second-order valence-electron chi connectivity index (χ2n) is 5.42. The van der Waals surface area contributed by atoms with Crippen LogP contribution in [0.3, 0.4) is 0 Å². The summed E-state index contributed by atoms with van der Waals surface area (Å²) in [6.45, 7) is 3.56. The first kappa shape index (κ1) is 14.0. The van der Waals surface area contributed by atoms with Gasteiger partial charge in [-0.25, -0.2) is 0 Å². The molecule has 21 heavy (non-hydrogen) atoms. The van der Waals surface area contributed by atoms with E-state index in [1.165, 1.54) is 0 Å². The van der Waals surface area contributed by atoms with E-state index in [-0.39, 0.29) is 6.10 Å². The van der Waals surface area contributed by atoms with Gasteiger partial charge in [0.2, 0.25) is 0 Å². The van der Waals surface area contributed by atoms with Crippen LogP contribution in [0.1, 0.15) is 19.1 Å². The molecule has 2 atom stereocenters. The summed E-state index contributed by atoms with van der Waals surface area (Å²) in [5, 5.41) is 3.50. The molecule has 0 aliphatic carbocycles. The summed E-state index contributed by atoms with van der Waals surface area (Å²) in [5.74, 6) is 2.70. The van der Waals surface area contributed by atoms with Gasteiger partial charge in [0, 0.05) is 19.0 Å². The fourth-order valence-electron chi connectivity index (χ4n) is 2.41. The van der Waals surface area contributed by atoms with Crippen LogP contribution in [-0.2, 0) is 6.42 Å². The summed E-state index contributed by atoms with van der Waals surface area (Å²) >= 11 is 0. The van der Waals surface area contributed by atoms with Crippen molar-refractivity contribution in [2.75, 3.05) is 13.2 Å². The lowest BCUT2D eigenvalue weighted by molar-refractivity contribution is 0.0883. The van der Waals surface area contributed by atoms with Crippen LogP contribution < -0.4 is 14.8 Å². The number of fused-ring (bicyclic) bond motifs is 1. The van der Waals surface area contributed by atoms with Crippen molar-refractivity contribution < 1.29 is 13.9 Å². The quantitative estimate of drug-likeness (QED) is 0.887. The predicted octanol–water partition coefficient (Wildman–Crippen LogP) is 3.03. The van der Waals surface area contributed by atoms with Crippen LogP contribution in [0, 0.1) is 0 Å².